The Hall–Kier alpha value is -2.60. The van der Waals surface area contributed by atoms with Gasteiger partial charge in [-0.2, -0.15) is 0 Å². The van der Waals surface area contributed by atoms with Gasteiger partial charge in [0.25, 0.3) is 5.91 Å². The number of carbonyl (C=O) groups is 2. The number of furan rings is 1. The normalized spacial score (nSPS) is 17.0. The summed E-state index contributed by atoms with van der Waals surface area (Å²) in [7, 11) is 0. The van der Waals surface area contributed by atoms with Crippen molar-refractivity contribution in [1.82, 2.24) is 10.2 Å². The van der Waals surface area contributed by atoms with E-state index in [0.29, 0.717) is 23.8 Å². The summed E-state index contributed by atoms with van der Waals surface area (Å²) in [6.07, 6.45) is 8.34. The Morgan fingerprint density at radius 3 is 2.54 bits per heavy atom. The fourth-order valence-corrected chi connectivity index (χ4v) is 3.84. The van der Waals surface area contributed by atoms with E-state index in [4.69, 9.17) is 4.42 Å². The molecule has 2 amide bonds. The Labute approximate surface area is 165 Å². The number of nitrogens with one attached hydrogen (secondary N) is 2. The van der Waals surface area contributed by atoms with Crippen molar-refractivity contribution in [3.8, 4) is 0 Å². The molecule has 0 spiro atoms. The molecule has 2 aromatic rings. The standard InChI is InChI=1S/C22H27N3O3/c26-21(15-25(17-6-1-2-7-17)14-18-8-5-13-28-18)24-20-10-4-3-9-19(20)22(27)23-16-11-12-16/h3-5,8-10,13,16-17H,1-2,6-7,11-12,14-15H2,(H,23,27)(H,24,26). The van der Waals surface area contributed by atoms with Gasteiger partial charge in [0.1, 0.15) is 5.76 Å². The van der Waals surface area contributed by atoms with Crippen LogP contribution in [-0.4, -0.2) is 35.3 Å². The van der Waals surface area contributed by atoms with Crippen molar-refractivity contribution < 1.29 is 14.0 Å². The van der Waals surface area contributed by atoms with Crippen LogP contribution in [0.2, 0.25) is 0 Å². The maximum absolute atomic E-state index is 12.8. The van der Waals surface area contributed by atoms with Crippen LogP contribution in [0.15, 0.2) is 47.1 Å². The number of rotatable bonds is 8. The molecule has 0 atom stereocenters. The third kappa shape index (κ3) is 4.81. The van der Waals surface area contributed by atoms with Crippen LogP contribution in [-0.2, 0) is 11.3 Å². The molecule has 0 aliphatic heterocycles. The lowest BCUT2D eigenvalue weighted by Gasteiger charge is -2.27. The zero-order valence-electron chi connectivity index (χ0n) is 16.0. The molecule has 4 rings (SSSR count). The zero-order valence-corrected chi connectivity index (χ0v) is 16.0. The lowest BCUT2D eigenvalue weighted by atomic mass is 10.1. The number of anilines is 1. The highest BCUT2D eigenvalue weighted by Crippen LogP contribution is 2.25. The molecule has 1 heterocycles. The Balaban J connectivity index is 1.42. The first-order valence-electron chi connectivity index (χ1n) is 10.2. The highest BCUT2D eigenvalue weighted by molar-refractivity contribution is 6.04. The zero-order chi connectivity index (χ0) is 19.3. The topological polar surface area (TPSA) is 74.6 Å². The molecule has 0 radical (unpaired) electrons. The van der Waals surface area contributed by atoms with Crippen molar-refractivity contribution >= 4 is 17.5 Å². The summed E-state index contributed by atoms with van der Waals surface area (Å²) in [5.74, 6) is 0.635. The highest BCUT2D eigenvalue weighted by atomic mass is 16.3. The first-order valence-corrected chi connectivity index (χ1v) is 10.2. The number of amides is 2. The molecule has 148 valence electrons. The van der Waals surface area contributed by atoms with Crippen LogP contribution in [0.5, 0.6) is 0 Å². The fourth-order valence-electron chi connectivity index (χ4n) is 3.84. The average Bonchev–Trinajstić information content (AvgIpc) is 3.13. The number of para-hydroxylation sites is 1. The summed E-state index contributed by atoms with van der Waals surface area (Å²) in [5.41, 5.74) is 1.08. The Bertz CT molecular complexity index is 808. The molecule has 2 N–H and O–H groups in total. The van der Waals surface area contributed by atoms with Crippen LogP contribution in [0.1, 0.15) is 54.6 Å². The smallest absolute Gasteiger partial charge is 0.253 e. The van der Waals surface area contributed by atoms with Gasteiger partial charge >= 0.3 is 0 Å². The molecule has 6 nitrogen and oxygen atoms in total. The molecular formula is C22H27N3O3. The fraction of sp³-hybridized carbons (Fsp3) is 0.455. The van der Waals surface area contributed by atoms with E-state index in [0.717, 1.165) is 31.4 Å². The third-order valence-electron chi connectivity index (χ3n) is 5.49. The van der Waals surface area contributed by atoms with Gasteiger partial charge in [0, 0.05) is 12.1 Å². The molecule has 6 heteroatoms. The Kier molecular flexibility index (Phi) is 5.76. The second kappa shape index (κ2) is 8.61. The second-order valence-electron chi connectivity index (χ2n) is 7.76. The van der Waals surface area contributed by atoms with Crippen molar-refractivity contribution in [3.05, 3.63) is 54.0 Å². The van der Waals surface area contributed by atoms with Gasteiger partial charge in [0.15, 0.2) is 0 Å². The van der Waals surface area contributed by atoms with E-state index in [-0.39, 0.29) is 24.4 Å². The number of nitrogens with zero attached hydrogens (tertiary/aromatic N) is 1. The van der Waals surface area contributed by atoms with E-state index in [1.807, 2.05) is 24.3 Å². The first-order chi connectivity index (χ1) is 13.7. The lowest BCUT2D eigenvalue weighted by Crippen LogP contribution is -2.39. The quantitative estimate of drug-likeness (QED) is 0.733. The Morgan fingerprint density at radius 1 is 1.04 bits per heavy atom. The van der Waals surface area contributed by atoms with E-state index in [9.17, 15) is 9.59 Å². The lowest BCUT2D eigenvalue weighted by molar-refractivity contribution is -0.118. The van der Waals surface area contributed by atoms with Crippen molar-refractivity contribution in [2.24, 2.45) is 0 Å². The van der Waals surface area contributed by atoms with Crippen LogP contribution in [0, 0.1) is 0 Å². The summed E-state index contributed by atoms with van der Waals surface area (Å²) < 4.78 is 5.49. The molecule has 1 aromatic carbocycles. The first kappa shape index (κ1) is 18.7. The van der Waals surface area contributed by atoms with Crippen LogP contribution in [0.25, 0.3) is 0 Å². The predicted molar refractivity (Wildman–Crippen MR) is 107 cm³/mol. The largest absolute Gasteiger partial charge is 0.468 e. The number of hydrogen-bond donors (Lipinski definition) is 2. The monoisotopic (exact) mass is 381 g/mol. The van der Waals surface area contributed by atoms with Gasteiger partial charge in [-0.15, -0.1) is 0 Å². The van der Waals surface area contributed by atoms with Gasteiger partial charge in [-0.25, -0.2) is 0 Å². The minimum Gasteiger partial charge on any atom is -0.468 e. The van der Waals surface area contributed by atoms with Crippen molar-refractivity contribution in [1.29, 1.82) is 0 Å². The van der Waals surface area contributed by atoms with Crippen molar-refractivity contribution in [2.75, 3.05) is 11.9 Å². The summed E-state index contributed by atoms with van der Waals surface area (Å²) in [5, 5.41) is 5.93. The van der Waals surface area contributed by atoms with Crippen LogP contribution in [0.3, 0.4) is 0 Å². The van der Waals surface area contributed by atoms with Crippen LogP contribution >= 0.6 is 0 Å². The summed E-state index contributed by atoms with van der Waals surface area (Å²) >= 11 is 0. The van der Waals surface area contributed by atoms with Gasteiger partial charge in [0.2, 0.25) is 5.91 Å². The molecule has 28 heavy (non-hydrogen) atoms. The van der Waals surface area contributed by atoms with E-state index in [1.54, 1.807) is 18.4 Å². The number of benzene rings is 1. The van der Waals surface area contributed by atoms with E-state index in [1.165, 1.54) is 12.8 Å². The van der Waals surface area contributed by atoms with Gasteiger partial charge < -0.3 is 15.1 Å². The number of hydrogen-bond acceptors (Lipinski definition) is 4. The van der Waals surface area contributed by atoms with Gasteiger partial charge in [-0.3, -0.25) is 14.5 Å². The van der Waals surface area contributed by atoms with Gasteiger partial charge in [0.05, 0.1) is 30.6 Å². The van der Waals surface area contributed by atoms with Gasteiger partial charge in [-0.1, -0.05) is 25.0 Å². The molecular weight excluding hydrogens is 354 g/mol. The number of carbonyl (C=O) groups excluding carboxylic acids is 2. The molecule has 0 saturated heterocycles. The average molecular weight is 381 g/mol. The maximum Gasteiger partial charge on any atom is 0.253 e. The molecule has 2 aliphatic carbocycles. The maximum atomic E-state index is 12.8. The summed E-state index contributed by atoms with van der Waals surface area (Å²) in [6.45, 7) is 0.902. The Morgan fingerprint density at radius 2 is 1.82 bits per heavy atom. The molecule has 0 bridgehead atoms. The third-order valence-corrected chi connectivity index (χ3v) is 5.49. The highest BCUT2D eigenvalue weighted by Gasteiger charge is 2.27. The second-order valence-corrected chi connectivity index (χ2v) is 7.76. The minimum absolute atomic E-state index is 0.106. The minimum atomic E-state index is -0.123. The molecule has 2 aliphatic rings. The van der Waals surface area contributed by atoms with Crippen LogP contribution < -0.4 is 10.6 Å². The SMILES string of the molecule is O=C(CN(Cc1ccco1)C1CCCC1)Nc1ccccc1C(=O)NC1CC1. The van der Waals surface area contributed by atoms with Crippen molar-refractivity contribution in [2.45, 2.75) is 57.2 Å². The van der Waals surface area contributed by atoms with E-state index >= 15 is 0 Å². The van der Waals surface area contributed by atoms with E-state index in [2.05, 4.69) is 15.5 Å². The van der Waals surface area contributed by atoms with Crippen molar-refractivity contribution in [3.63, 3.8) is 0 Å². The molecule has 1 aromatic heterocycles. The van der Waals surface area contributed by atoms with Gasteiger partial charge in [-0.05, 0) is 49.9 Å². The molecule has 2 fully saturated rings. The molecule has 2 saturated carbocycles. The van der Waals surface area contributed by atoms with Crippen LogP contribution in [0.4, 0.5) is 5.69 Å². The predicted octanol–water partition coefficient (Wildman–Crippen LogP) is 3.56. The van der Waals surface area contributed by atoms with E-state index < -0.39 is 0 Å². The molecule has 0 unspecified atom stereocenters. The summed E-state index contributed by atoms with van der Waals surface area (Å²) in [6, 6.07) is 11.7. The summed E-state index contributed by atoms with van der Waals surface area (Å²) in [4.78, 5) is 27.4.